The number of hydrogen-bond donors (Lipinski definition) is 1. The summed E-state index contributed by atoms with van der Waals surface area (Å²) in [6, 6.07) is 13.7. The summed E-state index contributed by atoms with van der Waals surface area (Å²) in [7, 11) is 0. The second-order valence-corrected chi connectivity index (χ2v) is 8.18. The van der Waals surface area contributed by atoms with Gasteiger partial charge in [0, 0.05) is 25.6 Å². The molecule has 0 aromatic heterocycles. The Balaban J connectivity index is 1.80. The highest BCUT2D eigenvalue weighted by molar-refractivity contribution is 5.68. The maximum atomic E-state index is 14.5. The number of hydrogen-bond acceptors (Lipinski definition) is 3. The van der Waals surface area contributed by atoms with Gasteiger partial charge in [0.1, 0.15) is 5.60 Å². The number of carbonyl (C=O) groups is 1. The number of nitrogens with one attached hydrogen (secondary N) is 1. The van der Waals surface area contributed by atoms with Crippen molar-refractivity contribution in [2.45, 2.75) is 44.9 Å². The first-order valence-corrected chi connectivity index (χ1v) is 9.42. The van der Waals surface area contributed by atoms with Gasteiger partial charge in [0.2, 0.25) is 0 Å². The van der Waals surface area contributed by atoms with Crippen LogP contribution in [0, 0.1) is 11.6 Å². The van der Waals surface area contributed by atoms with Crippen molar-refractivity contribution in [2.75, 3.05) is 13.1 Å². The molecule has 1 aliphatic rings. The first kappa shape index (κ1) is 20.3. The van der Waals surface area contributed by atoms with Crippen molar-refractivity contribution in [3.8, 4) is 0 Å². The van der Waals surface area contributed by atoms with Gasteiger partial charge in [-0.05, 0) is 38.0 Å². The number of amides is 1. The number of rotatable bonds is 4. The minimum atomic E-state index is -0.880. The molecule has 4 nitrogen and oxygen atoms in total. The molecule has 0 radical (unpaired) electrons. The first-order valence-electron chi connectivity index (χ1n) is 9.42. The molecule has 6 heteroatoms. The van der Waals surface area contributed by atoms with E-state index in [1.165, 1.54) is 6.07 Å². The topological polar surface area (TPSA) is 41.6 Å². The van der Waals surface area contributed by atoms with Gasteiger partial charge in [-0.2, -0.15) is 0 Å². The number of benzene rings is 2. The van der Waals surface area contributed by atoms with E-state index in [0.29, 0.717) is 19.6 Å². The fourth-order valence-corrected chi connectivity index (χ4v) is 3.58. The van der Waals surface area contributed by atoms with Crippen LogP contribution in [0.25, 0.3) is 0 Å². The van der Waals surface area contributed by atoms with Gasteiger partial charge >= 0.3 is 6.09 Å². The minimum Gasteiger partial charge on any atom is -0.444 e. The van der Waals surface area contributed by atoms with Gasteiger partial charge in [-0.1, -0.05) is 42.5 Å². The average Bonchev–Trinajstić information content (AvgIpc) is 2.98. The smallest absolute Gasteiger partial charge is 0.407 e. The van der Waals surface area contributed by atoms with Crippen LogP contribution in [0.3, 0.4) is 0 Å². The normalized spacial score (nSPS) is 20.2. The van der Waals surface area contributed by atoms with Crippen LogP contribution in [0.5, 0.6) is 0 Å². The highest BCUT2D eigenvalue weighted by atomic mass is 19.2. The summed E-state index contributed by atoms with van der Waals surface area (Å²) in [6.07, 6.45) is -0.555. The second kappa shape index (κ2) is 8.27. The number of halogens is 2. The molecule has 150 valence electrons. The number of alkyl carbamates (subject to hydrolysis) is 1. The highest BCUT2D eigenvalue weighted by Gasteiger charge is 2.37. The van der Waals surface area contributed by atoms with Crippen LogP contribution in [0.2, 0.25) is 0 Å². The van der Waals surface area contributed by atoms with E-state index in [0.717, 1.165) is 11.6 Å². The SMILES string of the molecule is CC(C)(C)OC(=O)N[C@H]1CN(Cc2ccccc2)C[C@@H]1c1cccc(F)c1F. The third-order valence-corrected chi connectivity index (χ3v) is 4.73. The van der Waals surface area contributed by atoms with E-state index in [4.69, 9.17) is 4.74 Å². The minimum absolute atomic E-state index is 0.275. The van der Waals surface area contributed by atoms with E-state index in [1.807, 2.05) is 30.3 Å². The van der Waals surface area contributed by atoms with Crippen LogP contribution in [0.1, 0.15) is 37.8 Å². The fraction of sp³-hybridized carbons (Fsp3) is 0.409. The number of ether oxygens (including phenoxy) is 1. The number of nitrogens with zero attached hydrogens (tertiary/aromatic N) is 1. The van der Waals surface area contributed by atoms with Gasteiger partial charge in [-0.3, -0.25) is 4.90 Å². The van der Waals surface area contributed by atoms with Crippen LogP contribution >= 0.6 is 0 Å². The maximum Gasteiger partial charge on any atom is 0.407 e. The molecule has 2 atom stereocenters. The molecule has 2 aromatic rings. The van der Waals surface area contributed by atoms with Crippen LogP contribution < -0.4 is 5.32 Å². The van der Waals surface area contributed by atoms with Gasteiger partial charge in [0.25, 0.3) is 0 Å². The zero-order valence-electron chi connectivity index (χ0n) is 16.4. The second-order valence-electron chi connectivity index (χ2n) is 8.18. The fourth-order valence-electron chi connectivity index (χ4n) is 3.58. The molecule has 1 aliphatic heterocycles. The summed E-state index contributed by atoms with van der Waals surface area (Å²) in [5.41, 5.74) is 0.766. The molecule has 1 heterocycles. The lowest BCUT2D eigenvalue weighted by Gasteiger charge is -2.24. The predicted octanol–water partition coefficient (Wildman–Crippen LogP) is 4.46. The van der Waals surface area contributed by atoms with Crippen molar-refractivity contribution in [1.82, 2.24) is 10.2 Å². The van der Waals surface area contributed by atoms with E-state index in [2.05, 4.69) is 10.2 Å². The Labute approximate surface area is 164 Å². The summed E-state index contributed by atoms with van der Waals surface area (Å²) in [6.45, 7) is 7.05. The molecule has 0 saturated carbocycles. The van der Waals surface area contributed by atoms with E-state index < -0.39 is 23.3 Å². The van der Waals surface area contributed by atoms with Crippen molar-refractivity contribution >= 4 is 6.09 Å². The molecule has 0 spiro atoms. The Morgan fingerprint density at radius 3 is 2.50 bits per heavy atom. The third-order valence-electron chi connectivity index (χ3n) is 4.73. The zero-order valence-corrected chi connectivity index (χ0v) is 16.4. The van der Waals surface area contributed by atoms with Crippen molar-refractivity contribution in [3.05, 3.63) is 71.3 Å². The van der Waals surface area contributed by atoms with E-state index in [-0.39, 0.29) is 17.5 Å². The average molecular weight is 388 g/mol. The lowest BCUT2D eigenvalue weighted by molar-refractivity contribution is 0.0502. The van der Waals surface area contributed by atoms with Gasteiger partial charge in [-0.25, -0.2) is 13.6 Å². The van der Waals surface area contributed by atoms with Crippen molar-refractivity contribution in [3.63, 3.8) is 0 Å². The molecule has 1 N–H and O–H groups in total. The summed E-state index contributed by atoms with van der Waals surface area (Å²) in [4.78, 5) is 14.4. The summed E-state index contributed by atoms with van der Waals surface area (Å²) < 4.78 is 33.6. The Bertz CT molecular complexity index is 821. The number of carbonyl (C=O) groups excluding carboxylic acids is 1. The summed E-state index contributed by atoms with van der Waals surface area (Å²) in [5, 5.41) is 2.85. The Morgan fingerprint density at radius 1 is 1.11 bits per heavy atom. The van der Waals surface area contributed by atoms with Crippen LogP contribution in [-0.4, -0.2) is 35.7 Å². The molecule has 0 aliphatic carbocycles. The molecule has 3 rings (SSSR count). The van der Waals surface area contributed by atoms with Crippen LogP contribution in [0.15, 0.2) is 48.5 Å². The van der Waals surface area contributed by atoms with Gasteiger partial charge in [0.15, 0.2) is 11.6 Å². The lowest BCUT2D eigenvalue weighted by atomic mass is 9.93. The monoisotopic (exact) mass is 388 g/mol. The Hall–Kier alpha value is -2.47. The van der Waals surface area contributed by atoms with Gasteiger partial charge in [-0.15, -0.1) is 0 Å². The van der Waals surface area contributed by atoms with Crippen molar-refractivity contribution in [2.24, 2.45) is 0 Å². The Kier molecular flexibility index (Phi) is 5.98. The first-order chi connectivity index (χ1) is 13.2. The molecule has 0 bridgehead atoms. The van der Waals surface area contributed by atoms with E-state index in [9.17, 15) is 13.6 Å². The molecule has 2 aromatic carbocycles. The van der Waals surface area contributed by atoms with Gasteiger partial charge < -0.3 is 10.1 Å². The molecule has 0 unspecified atom stereocenters. The van der Waals surface area contributed by atoms with Crippen LogP contribution in [0.4, 0.5) is 13.6 Å². The predicted molar refractivity (Wildman–Crippen MR) is 104 cm³/mol. The lowest BCUT2D eigenvalue weighted by Crippen LogP contribution is -2.42. The highest BCUT2D eigenvalue weighted by Crippen LogP contribution is 2.31. The molecular weight excluding hydrogens is 362 g/mol. The largest absolute Gasteiger partial charge is 0.444 e. The van der Waals surface area contributed by atoms with Crippen molar-refractivity contribution in [1.29, 1.82) is 0 Å². The standard InChI is InChI=1S/C22H26F2N2O2/c1-22(2,3)28-21(27)25-19-14-26(12-15-8-5-4-6-9-15)13-17(19)16-10-7-11-18(23)20(16)24/h4-11,17,19H,12-14H2,1-3H3,(H,25,27)/t17-,19+/m1/s1. The summed E-state index contributed by atoms with van der Waals surface area (Å²) >= 11 is 0. The van der Waals surface area contributed by atoms with Crippen molar-refractivity contribution < 1.29 is 18.3 Å². The maximum absolute atomic E-state index is 14.5. The number of likely N-dealkylation sites (tertiary alicyclic amines) is 1. The Morgan fingerprint density at radius 2 is 1.82 bits per heavy atom. The summed E-state index contributed by atoms with van der Waals surface area (Å²) in [5.74, 6) is -2.10. The third kappa shape index (κ3) is 5.07. The van der Waals surface area contributed by atoms with Crippen LogP contribution in [-0.2, 0) is 11.3 Å². The van der Waals surface area contributed by atoms with E-state index >= 15 is 0 Å². The molecule has 28 heavy (non-hydrogen) atoms. The molecular formula is C22H26F2N2O2. The molecule has 1 saturated heterocycles. The molecule has 1 fully saturated rings. The van der Waals surface area contributed by atoms with E-state index in [1.54, 1.807) is 26.8 Å². The van der Waals surface area contributed by atoms with Gasteiger partial charge in [0.05, 0.1) is 6.04 Å². The molecule has 1 amide bonds. The quantitative estimate of drug-likeness (QED) is 0.841. The zero-order chi connectivity index (χ0) is 20.3.